The summed E-state index contributed by atoms with van der Waals surface area (Å²) < 4.78 is 0. The molecular formula is C18H17ClN2O2S. The van der Waals surface area contributed by atoms with Crippen LogP contribution < -0.4 is 10.2 Å². The Hall–Kier alpha value is -1.98. The standard InChI is InChI=1S/C18H17ClN2O2S/c19-14-7-5-13(6-8-14)9-10-20-17(22)11-21-15-3-1-2-4-16(15)24-12-18(21)23/h1-8H,9-12H2,(H,20,22). The second kappa shape index (κ2) is 7.73. The molecule has 0 aliphatic carbocycles. The number of nitrogens with zero attached hydrogens (tertiary/aromatic N) is 1. The van der Waals surface area contributed by atoms with Gasteiger partial charge in [-0.1, -0.05) is 35.9 Å². The SMILES string of the molecule is O=C(CN1C(=O)CSc2ccccc21)NCCc1ccc(Cl)cc1. The Morgan fingerprint density at radius 3 is 2.71 bits per heavy atom. The number of carbonyl (C=O) groups excluding carboxylic acids is 2. The van der Waals surface area contributed by atoms with Gasteiger partial charge in [0.25, 0.3) is 0 Å². The van der Waals surface area contributed by atoms with Crippen LogP contribution in [0.1, 0.15) is 5.56 Å². The maximum absolute atomic E-state index is 12.2. The minimum Gasteiger partial charge on any atom is -0.354 e. The highest BCUT2D eigenvalue weighted by molar-refractivity contribution is 8.00. The van der Waals surface area contributed by atoms with Gasteiger partial charge in [0.05, 0.1) is 11.4 Å². The van der Waals surface area contributed by atoms with E-state index < -0.39 is 0 Å². The highest BCUT2D eigenvalue weighted by atomic mass is 35.5. The molecule has 0 aromatic heterocycles. The topological polar surface area (TPSA) is 49.4 Å². The molecule has 0 saturated carbocycles. The van der Waals surface area contributed by atoms with Gasteiger partial charge in [-0.15, -0.1) is 11.8 Å². The van der Waals surface area contributed by atoms with E-state index in [-0.39, 0.29) is 18.4 Å². The molecule has 24 heavy (non-hydrogen) atoms. The maximum atomic E-state index is 12.2. The van der Waals surface area contributed by atoms with Crippen molar-refractivity contribution in [1.29, 1.82) is 0 Å². The maximum Gasteiger partial charge on any atom is 0.240 e. The van der Waals surface area contributed by atoms with Crippen LogP contribution in [-0.2, 0) is 16.0 Å². The van der Waals surface area contributed by atoms with Crippen LogP contribution in [0.4, 0.5) is 5.69 Å². The Bertz CT molecular complexity index is 749. The van der Waals surface area contributed by atoms with E-state index in [1.165, 1.54) is 11.8 Å². The van der Waals surface area contributed by atoms with Gasteiger partial charge in [-0.3, -0.25) is 9.59 Å². The van der Waals surface area contributed by atoms with Crippen molar-refractivity contribution >= 4 is 40.9 Å². The number of halogens is 1. The molecule has 6 heteroatoms. The summed E-state index contributed by atoms with van der Waals surface area (Å²) in [4.78, 5) is 26.9. The minimum absolute atomic E-state index is 0.0356. The third-order valence-electron chi connectivity index (χ3n) is 3.76. The lowest BCUT2D eigenvalue weighted by molar-refractivity contribution is -0.122. The lowest BCUT2D eigenvalue weighted by Crippen LogP contribution is -2.43. The molecule has 0 fully saturated rings. The normalized spacial score (nSPS) is 13.5. The van der Waals surface area contributed by atoms with Gasteiger partial charge >= 0.3 is 0 Å². The van der Waals surface area contributed by atoms with Gasteiger partial charge in [0.1, 0.15) is 6.54 Å². The lowest BCUT2D eigenvalue weighted by Gasteiger charge is -2.28. The second-order valence-corrected chi connectivity index (χ2v) is 6.92. The minimum atomic E-state index is -0.154. The first kappa shape index (κ1) is 16.9. The first-order chi connectivity index (χ1) is 11.6. The van der Waals surface area contributed by atoms with Gasteiger partial charge in [0.2, 0.25) is 11.8 Å². The molecule has 0 radical (unpaired) electrons. The average Bonchev–Trinajstić information content (AvgIpc) is 2.59. The van der Waals surface area contributed by atoms with Gasteiger partial charge in [0, 0.05) is 16.5 Å². The molecule has 2 aromatic carbocycles. The Kier molecular flexibility index (Phi) is 5.43. The summed E-state index contributed by atoms with van der Waals surface area (Å²) in [6.45, 7) is 0.579. The van der Waals surface area contributed by atoms with Crippen molar-refractivity contribution in [2.75, 3.05) is 23.7 Å². The Morgan fingerprint density at radius 2 is 1.92 bits per heavy atom. The van der Waals surface area contributed by atoms with Crippen molar-refractivity contribution in [3.8, 4) is 0 Å². The molecule has 0 spiro atoms. The smallest absolute Gasteiger partial charge is 0.240 e. The fourth-order valence-corrected chi connectivity index (χ4v) is 3.59. The van der Waals surface area contributed by atoms with E-state index in [9.17, 15) is 9.59 Å². The number of thioether (sulfide) groups is 1. The van der Waals surface area contributed by atoms with Crippen molar-refractivity contribution in [1.82, 2.24) is 5.32 Å². The number of carbonyl (C=O) groups is 2. The number of hydrogen-bond acceptors (Lipinski definition) is 3. The largest absolute Gasteiger partial charge is 0.354 e. The molecule has 2 amide bonds. The molecule has 0 unspecified atom stereocenters. The van der Waals surface area contributed by atoms with Crippen molar-refractivity contribution in [3.63, 3.8) is 0 Å². The number of para-hydroxylation sites is 1. The number of amides is 2. The van der Waals surface area contributed by atoms with E-state index in [1.807, 2.05) is 48.5 Å². The van der Waals surface area contributed by atoms with Crippen LogP contribution in [0, 0.1) is 0 Å². The quantitative estimate of drug-likeness (QED) is 0.891. The predicted octanol–water partition coefficient (Wildman–Crippen LogP) is 3.14. The summed E-state index contributed by atoms with van der Waals surface area (Å²) in [5.74, 6) is 0.181. The second-order valence-electron chi connectivity index (χ2n) is 5.46. The number of hydrogen-bond donors (Lipinski definition) is 1. The number of anilines is 1. The van der Waals surface area contributed by atoms with Gasteiger partial charge in [-0.2, -0.15) is 0 Å². The average molecular weight is 361 g/mol. The van der Waals surface area contributed by atoms with E-state index >= 15 is 0 Å². The van der Waals surface area contributed by atoms with Crippen molar-refractivity contribution in [2.45, 2.75) is 11.3 Å². The summed E-state index contributed by atoms with van der Waals surface area (Å²) in [6.07, 6.45) is 0.725. The van der Waals surface area contributed by atoms with Gasteiger partial charge in [0.15, 0.2) is 0 Å². The van der Waals surface area contributed by atoms with E-state index in [4.69, 9.17) is 11.6 Å². The molecule has 1 aliphatic rings. The Labute approximate surface area is 150 Å². The van der Waals surface area contributed by atoms with E-state index in [1.54, 1.807) is 4.90 Å². The molecule has 0 bridgehead atoms. The van der Waals surface area contributed by atoms with Crippen molar-refractivity contribution in [2.24, 2.45) is 0 Å². The van der Waals surface area contributed by atoms with Crippen LogP contribution in [-0.4, -0.2) is 30.7 Å². The summed E-state index contributed by atoms with van der Waals surface area (Å²) in [5.41, 5.74) is 1.92. The number of rotatable bonds is 5. The van der Waals surface area contributed by atoms with Crippen molar-refractivity contribution < 1.29 is 9.59 Å². The summed E-state index contributed by atoms with van der Waals surface area (Å²) in [5, 5.41) is 3.57. The first-order valence-electron chi connectivity index (χ1n) is 7.67. The highest BCUT2D eigenvalue weighted by Crippen LogP contribution is 2.34. The molecule has 124 valence electrons. The predicted molar refractivity (Wildman–Crippen MR) is 97.7 cm³/mol. The molecule has 2 aromatic rings. The molecule has 1 heterocycles. The molecular weight excluding hydrogens is 344 g/mol. The van der Waals surface area contributed by atoms with Gasteiger partial charge < -0.3 is 10.2 Å². The van der Waals surface area contributed by atoms with E-state index in [2.05, 4.69) is 5.32 Å². The van der Waals surface area contributed by atoms with E-state index in [0.29, 0.717) is 17.3 Å². The third-order valence-corrected chi connectivity index (χ3v) is 5.06. The van der Waals surface area contributed by atoms with Crippen LogP contribution in [0.5, 0.6) is 0 Å². The van der Waals surface area contributed by atoms with Crippen LogP contribution in [0.25, 0.3) is 0 Å². The van der Waals surface area contributed by atoms with Gasteiger partial charge in [-0.25, -0.2) is 0 Å². The molecule has 0 saturated heterocycles. The monoisotopic (exact) mass is 360 g/mol. The van der Waals surface area contributed by atoms with Crippen LogP contribution >= 0.6 is 23.4 Å². The third kappa shape index (κ3) is 4.10. The fourth-order valence-electron chi connectivity index (χ4n) is 2.52. The van der Waals surface area contributed by atoms with Crippen LogP contribution in [0.2, 0.25) is 5.02 Å². The molecule has 1 N–H and O–H groups in total. The summed E-state index contributed by atoms with van der Waals surface area (Å²) >= 11 is 7.36. The van der Waals surface area contributed by atoms with Crippen molar-refractivity contribution in [3.05, 3.63) is 59.1 Å². The first-order valence-corrected chi connectivity index (χ1v) is 9.03. The highest BCUT2D eigenvalue weighted by Gasteiger charge is 2.25. The zero-order valence-electron chi connectivity index (χ0n) is 13.0. The summed E-state index contributed by atoms with van der Waals surface area (Å²) in [6, 6.07) is 15.2. The number of nitrogens with one attached hydrogen (secondary N) is 1. The molecule has 3 rings (SSSR count). The molecule has 1 aliphatic heterocycles. The van der Waals surface area contributed by atoms with Crippen LogP contribution in [0.3, 0.4) is 0 Å². The zero-order chi connectivity index (χ0) is 16.9. The van der Waals surface area contributed by atoms with Gasteiger partial charge in [-0.05, 0) is 36.2 Å². The summed E-state index contributed by atoms with van der Waals surface area (Å²) in [7, 11) is 0. The van der Waals surface area contributed by atoms with Crippen LogP contribution in [0.15, 0.2) is 53.4 Å². The number of fused-ring (bicyclic) bond motifs is 1. The zero-order valence-corrected chi connectivity index (χ0v) is 14.6. The Balaban J connectivity index is 1.55. The Morgan fingerprint density at radius 1 is 1.17 bits per heavy atom. The molecule has 0 atom stereocenters. The fraction of sp³-hybridized carbons (Fsp3) is 0.222. The molecule has 4 nitrogen and oxygen atoms in total. The lowest BCUT2D eigenvalue weighted by atomic mass is 10.1. The van der Waals surface area contributed by atoms with E-state index in [0.717, 1.165) is 22.6 Å². The number of benzene rings is 2.